The number of hydrogen-bond acceptors (Lipinski definition) is 4. The van der Waals surface area contributed by atoms with Crippen LogP contribution in [-0.4, -0.2) is 34.0 Å². The van der Waals surface area contributed by atoms with Crippen LogP contribution in [0.1, 0.15) is 42.9 Å². The van der Waals surface area contributed by atoms with Crippen molar-refractivity contribution in [2.24, 2.45) is 0 Å². The Kier molecular flexibility index (Phi) is 5.84. The molecule has 0 N–H and O–H groups in total. The maximum Gasteiger partial charge on any atom is 0.261 e. The summed E-state index contributed by atoms with van der Waals surface area (Å²) in [5.41, 5.74) is 2.83. The van der Waals surface area contributed by atoms with Crippen LogP contribution in [0.3, 0.4) is 0 Å². The van der Waals surface area contributed by atoms with E-state index in [9.17, 15) is 9.59 Å². The van der Waals surface area contributed by atoms with Gasteiger partial charge in [-0.15, -0.1) is 0 Å². The SMILES string of the molecule is COc1ccc([C@H]2CCCN2C(=O)CCCn2cnc3c(C)cccc3c2=O)cc1. The zero-order valence-corrected chi connectivity index (χ0v) is 17.5. The monoisotopic (exact) mass is 405 g/mol. The number of ether oxygens (including phenoxy) is 1. The number of para-hydroxylation sites is 1. The second-order valence-corrected chi connectivity index (χ2v) is 7.84. The Morgan fingerprint density at radius 3 is 2.77 bits per heavy atom. The summed E-state index contributed by atoms with van der Waals surface area (Å²) in [7, 11) is 1.65. The number of hydrogen-bond donors (Lipinski definition) is 0. The number of methoxy groups -OCH3 is 1. The summed E-state index contributed by atoms with van der Waals surface area (Å²) in [6.45, 7) is 3.22. The minimum Gasteiger partial charge on any atom is -0.497 e. The molecule has 2 heterocycles. The Balaban J connectivity index is 1.40. The standard InChI is InChI=1S/C24H27N3O3/c1-17-6-3-7-20-23(17)25-16-26(24(20)29)14-5-9-22(28)27-15-4-8-21(27)18-10-12-19(30-2)13-11-18/h3,6-7,10-13,16,21H,4-5,8-9,14-15H2,1-2H3/t21-/m1/s1. The minimum atomic E-state index is -0.0477. The van der Waals surface area contributed by atoms with Crippen molar-refractivity contribution in [1.82, 2.24) is 14.5 Å². The summed E-state index contributed by atoms with van der Waals surface area (Å²) in [5.74, 6) is 0.963. The predicted molar refractivity (Wildman–Crippen MR) is 117 cm³/mol. The van der Waals surface area contributed by atoms with Crippen molar-refractivity contribution >= 4 is 16.8 Å². The maximum atomic E-state index is 12.9. The Hall–Kier alpha value is -3.15. The molecule has 0 unspecified atom stereocenters. The molecule has 1 aliphatic heterocycles. The van der Waals surface area contributed by atoms with Gasteiger partial charge in [0.1, 0.15) is 5.75 Å². The molecule has 30 heavy (non-hydrogen) atoms. The molecule has 156 valence electrons. The predicted octanol–water partition coefficient (Wildman–Crippen LogP) is 3.86. The highest BCUT2D eigenvalue weighted by Crippen LogP contribution is 2.33. The quantitative estimate of drug-likeness (QED) is 0.625. The summed E-state index contributed by atoms with van der Waals surface area (Å²) in [5, 5.41) is 0.628. The third-order valence-electron chi connectivity index (χ3n) is 5.92. The van der Waals surface area contributed by atoms with E-state index in [-0.39, 0.29) is 17.5 Å². The van der Waals surface area contributed by atoms with Crippen LogP contribution in [0.4, 0.5) is 0 Å². The normalized spacial score (nSPS) is 16.2. The van der Waals surface area contributed by atoms with Crippen LogP contribution in [0.15, 0.2) is 53.6 Å². The molecule has 1 atom stereocenters. The topological polar surface area (TPSA) is 64.4 Å². The van der Waals surface area contributed by atoms with Crippen molar-refractivity contribution in [3.63, 3.8) is 0 Å². The highest BCUT2D eigenvalue weighted by molar-refractivity contribution is 5.80. The Morgan fingerprint density at radius 1 is 1.20 bits per heavy atom. The van der Waals surface area contributed by atoms with Gasteiger partial charge in [0.05, 0.1) is 30.4 Å². The van der Waals surface area contributed by atoms with Crippen molar-refractivity contribution in [1.29, 1.82) is 0 Å². The summed E-state index contributed by atoms with van der Waals surface area (Å²) >= 11 is 0. The Morgan fingerprint density at radius 2 is 2.00 bits per heavy atom. The van der Waals surface area contributed by atoms with Gasteiger partial charge in [0, 0.05) is 19.5 Å². The average Bonchev–Trinajstić information content (AvgIpc) is 3.26. The molecule has 1 aromatic heterocycles. The second-order valence-electron chi connectivity index (χ2n) is 7.84. The van der Waals surface area contributed by atoms with Crippen molar-refractivity contribution in [3.05, 3.63) is 70.3 Å². The van der Waals surface area contributed by atoms with Gasteiger partial charge < -0.3 is 9.64 Å². The molecule has 3 aromatic rings. The summed E-state index contributed by atoms with van der Waals surface area (Å²) in [6, 6.07) is 13.7. The lowest BCUT2D eigenvalue weighted by Gasteiger charge is -2.25. The number of benzene rings is 2. The lowest BCUT2D eigenvalue weighted by atomic mass is 10.0. The molecule has 1 fully saturated rings. The summed E-state index contributed by atoms with van der Waals surface area (Å²) < 4.78 is 6.84. The van der Waals surface area contributed by atoms with Crippen LogP contribution in [0.2, 0.25) is 0 Å². The molecule has 1 saturated heterocycles. The number of rotatable bonds is 6. The molecule has 0 spiro atoms. The molecule has 2 aromatic carbocycles. The molecule has 0 bridgehead atoms. The highest BCUT2D eigenvalue weighted by Gasteiger charge is 2.29. The Labute approximate surface area is 176 Å². The lowest BCUT2D eigenvalue weighted by molar-refractivity contribution is -0.132. The third-order valence-corrected chi connectivity index (χ3v) is 5.92. The van der Waals surface area contributed by atoms with Gasteiger partial charge >= 0.3 is 0 Å². The van der Waals surface area contributed by atoms with Gasteiger partial charge in [-0.3, -0.25) is 14.2 Å². The van der Waals surface area contributed by atoms with Crippen LogP contribution >= 0.6 is 0 Å². The first kappa shape index (κ1) is 20.1. The summed E-state index contributed by atoms with van der Waals surface area (Å²) in [4.78, 5) is 32.0. The van der Waals surface area contributed by atoms with Crippen LogP contribution in [0, 0.1) is 6.92 Å². The molecule has 6 nitrogen and oxygen atoms in total. The van der Waals surface area contributed by atoms with Gasteiger partial charge in [-0.05, 0) is 55.5 Å². The van der Waals surface area contributed by atoms with Crippen molar-refractivity contribution < 1.29 is 9.53 Å². The molecule has 1 amide bonds. The first-order valence-electron chi connectivity index (χ1n) is 10.5. The third kappa shape index (κ3) is 3.95. The second kappa shape index (κ2) is 8.69. The van der Waals surface area contributed by atoms with E-state index in [2.05, 4.69) is 4.98 Å². The number of fused-ring (bicyclic) bond motifs is 1. The molecular formula is C24H27N3O3. The number of carbonyl (C=O) groups excluding carboxylic acids is 1. The fraction of sp³-hybridized carbons (Fsp3) is 0.375. The first-order valence-corrected chi connectivity index (χ1v) is 10.5. The van der Waals surface area contributed by atoms with Gasteiger partial charge in [-0.2, -0.15) is 0 Å². The van der Waals surface area contributed by atoms with Crippen LogP contribution < -0.4 is 10.3 Å². The van der Waals surface area contributed by atoms with Gasteiger partial charge in [0.25, 0.3) is 5.56 Å². The molecule has 1 aliphatic rings. The smallest absolute Gasteiger partial charge is 0.261 e. The van der Waals surface area contributed by atoms with Gasteiger partial charge in [0.15, 0.2) is 0 Å². The van der Waals surface area contributed by atoms with E-state index in [1.165, 1.54) is 0 Å². The van der Waals surface area contributed by atoms with E-state index >= 15 is 0 Å². The van der Waals surface area contributed by atoms with E-state index < -0.39 is 0 Å². The van der Waals surface area contributed by atoms with Crippen molar-refractivity contribution in [3.8, 4) is 5.75 Å². The van der Waals surface area contributed by atoms with Crippen molar-refractivity contribution in [2.75, 3.05) is 13.7 Å². The minimum absolute atomic E-state index is 0.0477. The first-order chi connectivity index (χ1) is 14.6. The fourth-order valence-corrected chi connectivity index (χ4v) is 4.28. The zero-order chi connectivity index (χ0) is 21.1. The Bertz CT molecular complexity index is 1100. The van der Waals surface area contributed by atoms with Gasteiger partial charge in [-0.25, -0.2) is 4.98 Å². The molecule has 6 heteroatoms. The maximum absolute atomic E-state index is 12.9. The van der Waals surface area contributed by atoms with Crippen LogP contribution in [0.25, 0.3) is 10.9 Å². The number of nitrogens with zero attached hydrogens (tertiary/aromatic N) is 3. The largest absolute Gasteiger partial charge is 0.497 e. The van der Waals surface area contributed by atoms with E-state index in [0.717, 1.165) is 41.8 Å². The van der Waals surface area contributed by atoms with Crippen molar-refractivity contribution in [2.45, 2.75) is 45.2 Å². The highest BCUT2D eigenvalue weighted by atomic mass is 16.5. The molecule has 0 saturated carbocycles. The number of aryl methyl sites for hydroxylation is 2. The molecule has 4 rings (SSSR count). The van der Waals surface area contributed by atoms with Crippen LogP contribution in [-0.2, 0) is 11.3 Å². The number of carbonyl (C=O) groups is 1. The van der Waals surface area contributed by atoms with Gasteiger partial charge in [-0.1, -0.05) is 24.3 Å². The average molecular weight is 405 g/mol. The number of likely N-dealkylation sites (tertiary alicyclic amines) is 1. The fourth-order valence-electron chi connectivity index (χ4n) is 4.28. The lowest BCUT2D eigenvalue weighted by Crippen LogP contribution is -2.31. The summed E-state index contributed by atoms with van der Waals surface area (Å²) in [6.07, 6.45) is 4.62. The van der Waals surface area contributed by atoms with E-state index in [1.807, 2.05) is 54.3 Å². The van der Waals surface area contributed by atoms with Gasteiger partial charge in [0.2, 0.25) is 5.91 Å². The van der Waals surface area contributed by atoms with E-state index in [4.69, 9.17) is 4.74 Å². The molecule has 0 aliphatic carbocycles. The molecule has 0 radical (unpaired) electrons. The zero-order valence-electron chi connectivity index (χ0n) is 17.5. The number of aromatic nitrogens is 2. The number of amides is 1. The van der Waals surface area contributed by atoms with E-state index in [1.54, 1.807) is 18.0 Å². The van der Waals surface area contributed by atoms with E-state index in [0.29, 0.717) is 24.8 Å². The molecular weight excluding hydrogens is 378 g/mol. The van der Waals surface area contributed by atoms with Crippen LogP contribution in [0.5, 0.6) is 5.75 Å².